The molecule has 0 heterocycles. The van der Waals surface area contributed by atoms with Gasteiger partial charge in [0.25, 0.3) is 0 Å². The van der Waals surface area contributed by atoms with Gasteiger partial charge in [0.1, 0.15) is 0 Å². The second-order valence-corrected chi connectivity index (χ2v) is 5.96. The van der Waals surface area contributed by atoms with Crippen LogP contribution in [0.2, 0.25) is 0 Å². The summed E-state index contributed by atoms with van der Waals surface area (Å²) in [6, 6.07) is 0.729. The average Bonchev–Trinajstić information content (AvgIpc) is 2.34. The first-order valence-electron chi connectivity index (χ1n) is 7.78. The lowest BCUT2D eigenvalue weighted by atomic mass is 9.85. The van der Waals surface area contributed by atoms with Crippen molar-refractivity contribution in [3.63, 3.8) is 0 Å². The zero-order valence-electron chi connectivity index (χ0n) is 13.1. The lowest BCUT2D eigenvalue weighted by Gasteiger charge is -2.24. The van der Waals surface area contributed by atoms with Gasteiger partial charge in [0.2, 0.25) is 0 Å². The number of hydrogen-bond donors (Lipinski definition) is 1. The Morgan fingerprint density at radius 3 is 1.88 bits per heavy atom. The quantitative estimate of drug-likeness (QED) is 0.576. The van der Waals surface area contributed by atoms with Gasteiger partial charge in [-0.15, -0.1) is 0 Å². The van der Waals surface area contributed by atoms with Crippen molar-refractivity contribution in [1.82, 2.24) is 5.32 Å². The number of hydrogen-bond acceptors (Lipinski definition) is 1. The van der Waals surface area contributed by atoms with Crippen LogP contribution in [0, 0.1) is 17.8 Å². The van der Waals surface area contributed by atoms with Crippen molar-refractivity contribution >= 4 is 0 Å². The molecule has 104 valence electrons. The molecule has 0 saturated heterocycles. The van der Waals surface area contributed by atoms with Crippen molar-refractivity contribution in [1.29, 1.82) is 0 Å². The molecule has 0 saturated carbocycles. The average molecular weight is 241 g/mol. The van der Waals surface area contributed by atoms with E-state index in [-0.39, 0.29) is 0 Å². The normalized spacial score (nSPS) is 17.1. The Labute approximate surface area is 110 Å². The maximum absolute atomic E-state index is 3.67. The summed E-state index contributed by atoms with van der Waals surface area (Å²) in [4.78, 5) is 0. The van der Waals surface area contributed by atoms with Gasteiger partial charge >= 0.3 is 0 Å². The van der Waals surface area contributed by atoms with Crippen LogP contribution in [0.4, 0.5) is 0 Å². The van der Waals surface area contributed by atoms with E-state index in [9.17, 15) is 0 Å². The summed E-state index contributed by atoms with van der Waals surface area (Å²) in [5.74, 6) is 2.61. The zero-order valence-corrected chi connectivity index (χ0v) is 13.1. The van der Waals surface area contributed by atoms with E-state index in [4.69, 9.17) is 0 Å². The molecule has 3 atom stereocenters. The van der Waals surface area contributed by atoms with Gasteiger partial charge in [-0.25, -0.2) is 0 Å². The molecule has 3 unspecified atom stereocenters. The molecule has 0 aromatic heterocycles. The zero-order chi connectivity index (χ0) is 13.3. The number of nitrogens with one attached hydrogen (secondary N) is 1. The van der Waals surface area contributed by atoms with Crippen LogP contribution in [0.5, 0.6) is 0 Å². The molecule has 0 bridgehead atoms. The highest BCUT2D eigenvalue weighted by Gasteiger charge is 2.14. The maximum Gasteiger partial charge on any atom is 0.00618 e. The Hall–Kier alpha value is -0.0400. The molecule has 1 nitrogen and oxygen atoms in total. The first-order valence-corrected chi connectivity index (χ1v) is 7.78. The van der Waals surface area contributed by atoms with E-state index in [1.165, 1.54) is 38.6 Å². The van der Waals surface area contributed by atoms with Crippen molar-refractivity contribution in [3.8, 4) is 0 Å². The standard InChI is InChI=1S/C16H35N/c1-7-13(4)12-15(6)14(5)10-11-17-16(8-2)9-3/h13-17H,7-12H2,1-6H3. The Morgan fingerprint density at radius 1 is 0.824 bits per heavy atom. The molecule has 0 spiro atoms. The third-order valence-electron chi connectivity index (χ3n) is 4.46. The molecule has 17 heavy (non-hydrogen) atoms. The monoisotopic (exact) mass is 241 g/mol. The van der Waals surface area contributed by atoms with E-state index in [1.54, 1.807) is 0 Å². The molecular weight excluding hydrogens is 206 g/mol. The second-order valence-electron chi connectivity index (χ2n) is 5.96. The van der Waals surface area contributed by atoms with Crippen molar-refractivity contribution in [2.75, 3.05) is 6.54 Å². The highest BCUT2D eigenvalue weighted by atomic mass is 14.9. The first-order chi connectivity index (χ1) is 8.04. The summed E-state index contributed by atoms with van der Waals surface area (Å²) in [6.07, 6.45) is 6.56. The molecule has 0 aromatic carbocycles. The summed E-state index contributed by atoms with van der Waals surface area (Å²) >= 11 is 0. The molecule has 0 rings (SSSR count). The summed E-state index contributed by atoms with van der Waals surface area (Å²) in [6.45, 7) is 15.3. The lowest BCUT2D eigenvalue weighted by molar-refractivity contribution is 0.288. The van der Waals surface area contributed by atoms with Crippen LogP contribution in [0.1, 0.15) is 73.6 Å². The highest BCUT2D eigenvalue weighted by Crippen LogP contribution is 2.23. The largest absolute Gasteiger partial charge is 0.314 e. The molecule has 1 heteroatoms. The third kappa shape index (κ3) is 7.81. The van der Waals surface area contributed by atoms with Crippen molar-refractivity contribution < 1.29 is 0 Å². The molecule has 1 N–H and O–H groups in total. The van der Waals surface area contributed by atoms with Crippen LogP contribution < -0.4 is 5.32 Å². The van der Waals surface area contributed by atoms with Gasteiger partial charge in [0.05, 0.1) is 0 Å². The second kappa shape index (κ2) is 9.94. The first kappa shape index (κ1) is 17.0. The molecule has 0 aliphatic heterocycles. The van der Waals surface area contributed by atoms with Crippen molar-refractivity contribution in [2.24, 2.45) is 17.8 Å². The molecule has 0 aromatic rings. The fourth-order valence-electron chi connectivity index (χ4n) is 2.41. The minimum absolute atomic E-state index is 0.729. The molecule has 0 amide bonds. The van der Waals surface area contributed by atoms with E-state index in [0.29, 0.717) is 0 Å². The number of rotatable bonds is 10. The van der Waals surface area contributed by atoms with Crippen molar-refractivity contribution in [2.45, 2.75) is 79.7 Å². The Kier molecular flexibility index (Phi) is 9.91. The fourth-order valence-corrected chi connectivity index (χ4v) is 2.41. The molecular formula is C16H35N. The Balaban J connectivity index is 3.73. The van der Waals surface area contributed by atoms with Gasteiger partial charge < -0.3 is 5.32 Å². The summed E-state index contributed by atoms with van der Waals surface area (Å²) < 4.78 is 0. The summed E-state index contributed by atoms with van der Waals surface area (Å²) in [7, 11) is 0. The van der Waals surface area contributed by atoms with Gasteiger partial charge in [-0.3, -0.25) is 0 Å². The van der Waals surface area contributed by atoms with Crippen LogP contribution >= 0.6 is 0 Å². The van der Waals surface area contributed by atoms with Gasteiger partial charge in [0, 0.05) is 6.04 Å². The van der Waals surface area contributed by atoms with Gasteiger partial charge in [-0.2, -0.15) is 0 Å². The molecule has 0 aliphatic carbocycles. The highest BCUT2D eigenvalue weighted by molar-refractivity contribution is 4.68. The SMILES string of the molecule is CCC(C)CC(C)C(C)CCNC(CC)CC. The minimum Gasteiger partial charge on any atom is -0.314 e. The minimum atomic E-state index is 0.729. The molecule has 0 radical (unpaired) electrons. The van der Waals surface area contributed by atoms with E-state index < -0.39 is 0 Å². The van der Waals surface area contributed by atoms with E-state index in [2.05, 4.69) is 46.9 Å². The third-order valence-corrected chi connectivity index (χ3v) is 4.46. The smallest absolute Gasteiger partial charge is 0.00618 e. The van der Waals surface area contributed by atoms with E-state index in [0.717, 1.165) is 23.8 Å². The Morgan fingerprint density at radius 2 is 1.41 bits per heavy atom. The fraction of sp³-hybridized carbons (Fsp3) is 1.00. The van der Waals surface area contributed by atoms with Crippen LogP contribution in [0.3, 0.4) is 0 Å². The summed E-state index contributed by atoms with van der Waals surface area (Å²) in [5, 5.41) is 3.67. The van der Waals surface area contributed by atoms with E-state index >= 15 is 0 Å². The summed E-state index contributed by atoms with van der Waals surface area (Å²) in [5.41, 5.74) is 0. The predicted octanol–water partition coefficient (Wildman–Crippen LogP) is 4.86. The lowest BCUT2D eigenvalue weighted by Crippen LogP contribution is -2.30. The van der Waals surface area contributed by atoms with Gasteiger partial charge in [0.15, 0.2) is 0 Å². The maximum atomic E-state index is 3.67. The predicted molar refractivity (Wildman–Crippen MR) is 79.4 cm³/mol. The van der Waals surface area contributed by atoms with Crippen molar-refractivity contribution in [3.05, 3.63) is 0 Å². The topological polar surface area (TPSA) is 12.0 Å². The van der Waals surface area contributed by atoms with Gasteiger partial charge in [-0.1, -0.05) is 48.0 Å². The van der Waals surface area contributed by atoms with Gasteiger partial charge in [-0.05, 0) is 50.0 Å². The molecule has 0 fully saturated rings. The van der Waals surface area contributed by atoms with Crippen LogP contribution in [0.25, 0.3) is 0 Å². The van der Waals surface area contributed by atoms with E-state index in [1.807, 2.05) is 0 Å². The Bertz CT molecular complexity index is 163. The van der Waals surface area contributed by atoms with Crippen LogP contribution in [-0.2, 0) is 0 Å². The van der Waals surface area contributed by atoms with Crippen LogP contribution in [0.15, 0.2) is 0 Å². The molecule has 0 aliphatic rings. The van der Waals surface area contributed by atoms with Crippen LogP contribution in [-0.4, -0.2) is 12.6 Å².